The summed E-state index contributed by atoms with van der Waals surface area (Å²) in [5.74, 6) is -0.383. The van der Waals surface area contributed by atoms with Gasteiger partial charge in [0.25, 0.3) is 0 Å². The summed E-state index contributed by atoms with van der Waals surface area (Å²) in [4.78, 5) is 31.3. The Morgan fingerprint density at radius 3 is 2.21 bits per heavy atom. The highest BCUT2D eigenvalue weighted by Gasteiger charge is 2.16. The number of aliphatic hydroxyl groups is 1. The number of hydrogen-bond donors (Lipinski definition) is 1. The molecule has 39 heavy (non-hydrogen) atoms. The van der Waals surface area contributed by atoms with Crippen LogP contribution in [0.1, 0.15) is 79.6 Å². The number of carbonyl (C=O) groups is 2. The largest absolute Gasteiger partial charge is 0.452 e. The van der Waals surface area contributed by atoms with Gasteiger partial charge in [-0.1, -0.05) is 79.9 Å². The zero-order valence-electron chi connectivity index (χ0n) is 22.3. The summed E-state index contributed by atoms with van der Waals surface area (Å²) in [6.07, 6.45) is 6.49. The number of rotatable bonds is 13. The number of carbonyl (C=O) groups excluding carboxylic acids is 2. The molecule has 202 valence electrons. The second-order valence-electron chi connectivity index (χ2n) is 9.37. The first kappa shape index (κ1) is 28.3. The molecule has 1 heterocycles. The molecule has 0 saturated heterocycles. The van der Waals surface area contributed by atoms with Gasteiger partial charge in [0.15, 0.2) is 5.76 Å². The molecule has 3 aromatic carbocycles. The Balaban J connectivity index is 1.41. The third kappa shape index (κ3) is 7.68. The molecule has 1 N–H and O–H groups in total. The second-order valence-corrected chi connectivity index (χ2v) is 10.5. The molecule has 0 fully saturated rings. The van der Waals surface area contributed by atoms with Crippen LogP contribution >= 0.6 is 11.8 Å². The van der Waals surface area contributed by atoms with E-state index in [4.69, 9.17) is 9.25 Å². The average Bonchev–Trinajstić information content (AvgIpc) is 3.40. The van der Waals surface area contributed by atoms with Crippen LogP contribution in [0.4, 0.5) is 0 Å². The number of oxime groups is 1. The molecular weight excluding hydrogens is 510 g/mol. The third-order valence-corrected chi connectivity index (χ3v) is 7.38. The maximum atomic E-state index is 13.0. The molecule has 0 aliphatic carbocycles. The van der Waals surface area contributed by atoms with E-state index in [2.05, 4.69) is 12.1 Å². The molecule has 0 atom stereocenters. The van der Waals surface area contributed by atoms with Crippen molar-refractivity contribution >= 4 is 40.2 Å². The van der Waals surface area contributed by atoms with Crippen molar-refractivity contribution in [1.29, 1.82) is 0 Å². The topological polar surface area (TPSA) is 89.1 Å². The molecule has 6 nitrogen and oxygen atoms in total. The van der Waals surface area contributed by atoms with Crippen molar-refractivity contribution in [2.75, 3.05) is 0 Å². The molecule has 0 bridgehead atoms. The Morgan fingerprint density at radius 1 is 0.897 bits per heavy atom. The molecule has 0 radical (unpaired) electrons. The van der Waals surface area contributed by atoms with Gasteiger partial charge in [0.1, 0.15) is 5.58 Å². The fraction of sp³-hybridized carbons (Fsp3) is 0.281. The van der Waals surface area contributed by atoms with Crippen molar-refractivity contribution in [3.8, 4) is 0 Å². The Bertz CT molecular complexity index is 1440. The quantitative estimate of drug-likeness (QED) is 0.0605. The zero-order valence-corrected chi connectivity index (χ0v) is 23.1. The zero-order chi connectivity index (χ0) is 27.6. The molecule has 0 saturated carbocycles. The monoisotopic (exact) mass is 543 g/mol. The van der Waals surface area contributed by atoms with Gasteiger partial charge in [-0.05, 0) is 60.9 Å². The first-order chi connectivity index (χ1) is 19.0. The first-order valence-corrected chi connectivity index (χ1v) is 14.1. The van der Waals surface area contributed by atoms with Crippen LogP contribution in [0.5, 0.6) is 0 Å². The van der Waals surface area contributed by atoms with E-state index < -0.39 is 5.97 Å². The summed E-state index contributed by atoms with van der Waals surface area (Å²) in [5.41, 5.74) is 3.44. The number of ketones is 1. The van der Waals surface area contributed by atoms with Crippen LogP contribution in [0.15, 0.2) is 92.2 Å². The molecule has 7 heteroatoms. The van der Waals surface area contributed by atoms with E-state index in [0.29, 0.717) is 16.7 Å². The van der Waals surface area contributed by atoms with Gasteiger partial charge in [0.2, 0.25) is 5.78 Å². The van der Waals surface area contributed by atoms with Gasteiger partial charge in [0, 0.05) is 33.2 Å². The van der Waals surface area contributed by atoms with Crippen molar-refractivity contribution in [2.45, 2.75) is 68.8 Å². The SMILES string of the molecule is CCCCCCC/C(=N\OC(C)=O)c1ccc(Sc2ccc(C(=O)c3cc4cccc(CO)c4o3)cc2)cc1. The van der Waals surface area contributed by atoms with Crippen LogP contribution in [-0.4, -0.2) is 22.6 Å². The van der Waals surface area contributed by atoms with Crippen LogP contribution in [0, 0.1) is 0 Å². The minimum atomic E-state index is -0.428. The Kier molecular flexibility index (Phi) is 10.1. The summed E-state index contributed by atoms with van der Waals surface area (Å²) in [7, 11) is 0. The Hall–Kier alpha value is -3.68. The minimum absolute atomic E-state index is 0.148. The third-order valence-electron chi connectivity index (χ3n) is 6.36. The number of fused-ring (bicyclic) bond motifs is 1. The van der Waals surface area contributed by atoms with Crippen molar-refractivity contribution in [2.24, 2.45) is 5.16 Å². The lowest BCUT2D eigenvalue weighted by molar-refractivity contribution is -0.140. The van der Waals surface area contributed by atoms with Gasteiger partial charge in [-0.2, -0.15) is 0 Å². The number of para-hydroxylation sites is 1. The smallest absolute Gasteiger partial charge is 0.331 e. The van der Waals surface area contributed by atoms with E-state index in [-0.39, 0.29) is 18.2 Å². The summed E-state index contributed by atoms with van der Waals surface area (Å²) in [6.45, 7) is 3.40. The molecule has 4 rings (SSSR count). The average molecular weight is 544 g/mol. The van der Waals surface area contributed by atoms with Crippen molar-refractivity contribution in [3.63, 3.8) is 0 Å². The number of aliphatic hydroxyl groups excluding tert-OH is 1. The molecule has 0 amide bonds. The Labute approximate surface area is 233 Å². The predicted octanol–water partition coefficient (Wildman–Crippen LogP) is 7.94. The minimum Gasteiger partial charge on any atom is -0.452 e. The number of hydrogen-bond acceptors (Lipinski definition) is 7. The fourth-order valence-electron chi connectivity index (χ4n) is 4.29. The van der Waals surface area contributed by atoms with E-state index in [1.807, 2.05) is 48.5 Å². The van der Waals surface area contributed by atoms with Crippen molar-refractivity contribution < 1.29 is 24.0 Å². The van der Waals surface area contributed by atoms with Crippen LogP contribution < -0.4 is 0 Å². The lowest BCUT2D eigenvalue weighted by Crippen LogP contribution is -2.04. The number of nitrogens with zero attached hydrogens (tertiary/aromatic N) is 1. The summed E-state index contributed by atoms with van der Waals surface area (Å²) in [6, 6.07) is 22.6. The van der Waals surface area contributed by atoms with Gasteiger partial charge in [-0.25, -0.2) is 4.79 Å². The number of unbranched alkanes of at least 4 members (excludes halogenated alkanes) is 4. The molecule has 0 unspecified atom stereocenters. The molecule has 4 aromatic rings. The highest BCUT2D eigenvalue weighted by Crippen LogP contribution is 2.30. The highest BCUT2D eigenvalue weighted by molar-refractivity contribution is 7.99. The van der Waals surface area contributed by atoms with Crippen LogP contribution in [0.3, 0.4) is 0 Å². The van der Waals surface area contributed by atoms with Gasteiger partial charge >= 0.3 is 5.97 Å². The van der Waals surface area contributed by atoms with Crippen molar-refractivity contribution in [1.82, 2.24) is 0 Å². The van der Waals surface area contributed by atoms with Crippen LogP contribution in [0.25, 0.3) is 11.0 Å². The summed E-state index contributed by atoms with van der Waals surface area (Å²) < 4.78 is 5.78. The first-order valence-electron chi connectivity index (χ1n) is 13.3. The molecule has 0 aliphatic heterocycles. The van der Waals surface area contributed by atoms with E-state index in [1.54, 1.807) is 36.0 Å². The lowest BCUT2D eigenvalue weighted by atomic mass is 10.0. The summed E-state index contributed by atoms with van der Waals surface area (Å²) in [5, 5.41) is 14.4. The Morgan fingerprint density at radius 2 is 1.56 bits per heavy atom. The maximum Gasteiger partial charge on any atom is 0.331 e. The molecule has 0 aliphatic rings. The van der Waals surface area contributed by atoms with E-state index >= 15 is 0 Å². The second kappa shape index (κ2) is 13.9. The van der Waals surface area contributed by atoms with Gasteiger partial charge in [-0.3, -0.25) is 4.79 Å². The maximum absolute atomic E-state index is 13.0. The van der Waals surface area contributed by atoms with Gasteiger partial charge < -0.3 is 14.4 Å². The molecular formula is C32H33NO5S. The highest BCUT2D eigenvalue weighted by atomic mass is 32.2. The van der Waals surface area contributed by atoms with Crippen LogP contribution in [0.2, 0.25) is 0 Å². The van der Waals surface area contributed by atoms with E-state index in [1.165, 1.54) is 26.2 Å². The van der Waals surface area contributed by atoms with E-state index in [9.17, 15) is 14.7 Å². The van der Waals surface area contributed by atoms with Gasteiger partial charge in [-0.15, -0.1) is 0 Å². The number of furan rings is 1. The lowest BCUT2D eigenvalue weighted by Gasteiger charge is -2.08. The van der Waals surface area contributed by atoms with Crippen molar-refractivity contribution in [3.05, 3.63) is 95.2 Å². The molecule has 0 spiro atoms. The fourth-order valence-corrected chi connectivity index (χ4v) is 5.10. The molecule has 1 aromatic heterocycles. The van der Waals surface area contributed by atoms with E-state index in [0.717, 1.165) is 45.7 Å². The normalized spacial score (nSPS) is 11.6. The van der Waals surface area contributed by atoms with Gasteiger partial charge in [0.05, 0.1) is 12.3 Å². The standard InChI is InChI=1S/C32H33NO5S/c1-3-4-5-6-7-11-29(33-38-22(2)35)23-12-16-27(17-13-23)39-28-18-14-24(15-19-28)31(36)30-20-25-9-8-10-26(21-34)32(25)37-30/h8-10,12-20,34H,3-7,11,21H2,1-2H3/b33-29+. The number of benzene rings is 3. The van der Waals surface area contributed by atoms with Crippen LogP contribution in [-0.2, 0) is 16.2 Å². The summed E-state index contributed by atoms with van der Waals surface area (Å²) >= 11 is 1.59. The predicted molar refractivity (Wildman–Crippen MR) is 154 cm³/mol.